The molecule has 0 aromatic rings. The highest BCUT2D eigenvalue weighted by Gasteiger charge is 2.21. The van der Waals surface area contributed by atoms with Gasteiger partial charge in [0.15, 0.2) is 0 Å². The van der Waals surface area contributed by atoms with Gasteiger partial charge in [-0.1, -0.05) is 25.7 Å². The van der Waals surface area contributed by atoms with Crippen LogP contribution in [0.15, 0.2) is 0 Å². The molecule has 0 unspecified atom stereocenters. The number of nitrogens with one attached hydrogen (secondary N) is 2. The van der Waals surface area contributed by atoms with E-state index in [0.717, 1.165) is 24.9 Å². The molecule has 2 aliphatic rings. The first-order chi connectivity index (χ1) is 8.34. The zero-order valence-corrected chi connectivity index (χ0v) is 10.8. The van der Waals surface area contributed by atoms with Crippen molar-refractivity contribution in [3.8, 4) is 0 Å². The van der Waals surface area contributed by atoms with Gasteiger partial charge in [0.1, 0.15) is 0 Å². The molecule has 0 aromatic carbocycles. The van der Waals surface area contributed by atoms with Crippen LogP contribution in [0.25, 0.3) is 0 Å². The normalized spacial score (nSPS) is 20.7. The molecule has 0 aliphatic heterocycles. The lowest BCUT2D eigenvalue weighted by Gasteiger charge is -2.09. The molecule has 0 saturated heterocycles. The van der Waals surface area contributed by atoms with Gasteiger partial charge >= 0.3 is 0 Å². The molecule has 1 amide bonds. The molecule has 2 aliphatic carbocycles. The summed E-state index contributed by atoms with van der Waals surface area (Å²) in [6.45, 7) is 2.38. The maximum Gasteiger partial charge on any atom is 0.233 e. The Bertz CT molecular complexity index is 232. The maximum absolute atomic E-state index is 11.4. The second-order valence-corrected chi connectivity index (χ2v) is 5.72. The van der Waals surface area contributed by atoms with Crippen LogP contribution in [0.5, 0.6) is 0 Å². The van der Waals surface area contributed by atoms with Crippen molar-refractivity contribution in [1.29, 1.82) is 0 Å². The summed E-state index contributed by atoms with van der Waals surface area (Å²) in [6, 6.07) is 0. The van der Waals surface area contributed by atoms with Crippen LogP contribution < -0.4 is 10.6 Å². The third-order valence-corrected chi connectivity index (χ3v) is 4.01. The van der Waals surface area contributed by atoms with Crippen LogP contribution in [0.2, 0.25) is 0 Å². The summed E-state index contributed by atoms with van der Waals surface area (Å²) in [4.78, 5) is 11.4. The van der Waals surface area contributed by atoms with Crippen molar-refractivity contribution in [2.24, 2.45) is 11.8 Å². The molecule has 0 spiro atoms. The molecule has 0 radical (unpaired) electrons. The highest BCUT2D eigenvalue weighted by Crippen LogP contribution is 2.28. The lowest BCUT2D eigenvalue weighted by atomic mass is 10.0. The first-order valence-electron chi connectivity index (χ1n) is 7.32. The minimum atomic E-state index is 0.165. The van der Waals surface area contributed by atoms with Crippen LogP contribution in [0.4, 0.5) is 0 Å². The predicted octanol–water partition coefficient (Wildman–Crippen LogP) is 2.07. The molecule has 98 valence electrons. The Balaban J connectivity index is 1.38. The SMILES string of the molecule is O=C(CNCCCC1CCCC1)NCC1CC1. The van der Waals surface area contributed by atoms with E-state index in [-0.39, 0.29) is 5.91 Å². The number of hydrogen-bond donors (Lipinski definition) is 2. The van der Waals surface area contributed by atoms with E-state index in [4.69, 9.17) is 0 Å². The third kappa shape index (κ3) is 5.53. The maximum atomic E-state index is 11.4. The summed E-state index contributed by atoms with van der Waals surface area (Å²) in [5.74, 6) is 1.92. The molecule has 0 bridgehead atoms. The Kier molecular flexibility index (Phi) is 5.30. The van der Waals surface area contributed by atoms with Crippen molar-refractivity contribution in [1.82, 2.24) is 10.6 Å². The van der Waals surface area contributed by atoms with Crippen LogP contribution in [-0.2, 0) is 4.79 Å². The predicted molar refractivity (Wildman–Crippen MR) is 69.8 cm³/mol. The fourth-order valence-electron chi connectivity index (χ4n) is 2.66. The van der Waals surface area contributed by atoms with Crippen molar-refractivity contribution in [3.05, 3.63) is 0 Å². The van der Waals surface area contributed by atoms with Gasteiger partial charge < -0.3 is 10.6 Å². The van der Waals surface area contributed by atoms with E-state index in [1.807, 2.05) is 0 Å². The van der Waals surface area contributed by atoms with Gasteiger partial charge in [-0.3, -0.25) is 4.79 Å². The molecule has 0 heterocycles. The molecule has 0 aromatic heterocycles. The van der Waals surface area contributed by atoms with Crippen LogP contribution in [0.1, 0.15) is 51.4 Å². The molecule has 2 rings (SSSR count). The summed E-state index contributed by atoms with van der Waals surface area (Å²) >= 11 is 0. The first kappa shape index (κ1) is 12.9. The Morgan fingerprint density at radius 3 is 2.53 bits per heavy atom. The quantitative estimate of drug-likeness (QED) is 0.636. The Labute approximate surface area is 105 Å². The van der Waals surface area contributed by atoms with Crippen LogP contribution in [0.3, 0.4) is 0 Å². The van der Waals surface area contributed by atoms with Gasteiger partial charge in [-0.05, 0) is 44.1 Å². The average molecular weight is 238 g/mol. The first-order valence-corrected chi connectivity index (χ1v) is 7.32. The molecule has 3 nitrogen and oxygen atoms in total. The van der Waals surface area contributed by atoms with E-state index in [1.54, 1.807) is 0 Å². The average Bonchev–Trinajstić information content (AvgIpc) is 3.02. The summed E-state index contributed by atoms with van der Waals surface area (Å²) in [7, 11) is 0. The van der Waals surface area contributed by atoms with Gasteiger partial charge in [-0.25, -0.2) is 0 Å². The Morgan fingerprint density at radius 2 is 1.82 bits per heavy atom. The number of carbonyl (C=O) groups excluding carboxylic acids is 1. The van der Waals surface area contributed by atoms with E-state index in [9.17, 15) is 4.79 Å². The van der Waals surface area contributed by atoms with Gasteiger partial charge in [-0.2, -0.15) is 0 Å². The molecule has 17 heavy (non-hydrogen) atoms. The monoisotopic (exact) mass is 238 g/mol. The number of hydrogen-bond acceptors (Lipinski definition) is 2. The molecule has 2 saturated carbocycles. The van der Waals surface area contributed by atoms with Crippen molar-refractivity contribution < 1.29 is 4.79 Å². The molecule has 2 fully saturated rings. The minimum absolute atomic E-state index is 0.165. The molecular weight excluding hydrogens is 212 g/mol. The molecular formula is C14H26N2O. The van der Waals surface area contributed by atoms with Crippen molar-refractivity contribution >= 4 is 5.91 Å². The lowest BCUT2D eigenvalue weighted by molar-refractivity contribution is -0.120. The minimum Gasteiger partial charge on any atom is -0.355 e. The number of carbonyl (C=O) groups is 1. The second kappa shape index (κ2) is 7.00. The van der Waals surface area contributed by atoms with Gasteiger partial charge in [0.05, 0.1) is 6.54 Å². The zero-order valence-electron chi connectivity index (χ0n) is 10.8. The van der Waals surface area contributed by atoms with E-state index in [2.05, 4.69) is 10.6 Å². The second-order valence-electron chi connectivity index (χ2n) is 5.72. The van der Waals surface area contributed by atoms with Crippen LogP contribution in [-0.4, -0.2) is 25.5 Å². The lowest BCUT2D eigenvalue weighted by Crippen LogP contribution is -2.35. The largest absolute Gasteiger partial charge is 0.355 e. The van der Waals surface area contributed by atoms with Crippen LogP contribution in [0, 0.1) is 11.8 Å². The van der Waals surface area contributed by atoms with E-state index < -0.39 is 0 Å². The van der Waals surface area contributed by atoms with Gasteiger partial charge in [0.2, 0.25) is 5.91 Å². The van der Waals surface area contributed by atoms with Gasteiger partial charge in [-0.15, -0.1) is 0 Å². The van der Waals surface area contributed by atoms with Gasteiger partial charge in [0.25, 0.3) is 0 Å². The summed E-state index contributed by atoms with van der Waals surface area (Å²) in [5, 5.41) is 6.22. The standard InChI is InChI=1S/C14H26N2O/c17-14(16-10-13-7-8-13)11-15-9-3-6-12-4-1-2-5-12/h12-13,15H,1-11H2,(H,16,17). The Hall–Kier alpha value is -0.570. The highest BCUT2D eigenvalue weighted by atomic mass is 16.1. The molecule has 0 atom stereocenters. The summed E-state index contributed by atoms with van der Waals surface area (Å²) < 4.78 is 0. The highest BCUT2D eigenvalue weighted by molar-refractivity contribution is 5.77. The number of rotatable bonds is 8. The topological polar surface area (TPSA) is 41.1 Å². The van der Waals surface area contributed by atoms with Crippen molar-refractivity contribution in [2.45, 2.75) is 51.4 Å². The van der Waals surface area contributed by atoms with Gasteiger partial charge in [0, 0.05) is 6.54 Å². The van der Waals surface area contributed by atoms with E-state index in [0.29, 0.717) is 6.54 Å². The fraction of sp³-hybridized carbons (Fsp3) is 0.929. The van der Waals surface area contributed by atoms with Crippen LogP contribution >= 0.6 is 0 Å². The number of amides is 1. The van der Waals surface area contributed by atoms with Crippen molar-refractivity contribution in [3.63, 3.8) is 0 Å². The van der Waals surface area contributed by atoms with E-state index in [1.165, 1.54) is 51.4 Å². The Morgan fingerprint density at radius 1 is 1.06 bits per heavy atom. The molecule has 2 N–H and O–H groups in total. The summed E-state index contributed by atoms with van der Waals surface area (Å²) in [5.41, 5.74) is 0. The van der Waals surface area contributed by atoms with E-state index >= 15 is 0 Å². The zero-order chi connectivity index (χ0) is 11.9. The van der Waals surface area contributed by atoms with Crippen molar-refractivity contribution in [2.75, 3.05) is 19.6 Å². The fourth-order valence-corrected chi connectivity index (χ4v) is 2.66. The smallest absolute Gasteiger partial charge is 0.233 e. The molecule has 3 heteroatoms. The summed E-state index contributed by atoms with van der Waals surface area (Å²) in [6.07, 6.45) is 10.9. The third-order valence-electron chi connectivity index (χ3n) is 4.01.